The minimum atomic E-state index is -4.37. The van der Waals surface area contributed by atoms with Crippen molar-refractivity contribution in [3.63, 3.8) is 0 Å². The number of alkyl halides is 3. The van der Waals surface area contributed by atoms with Gasteiger partial charge >= 0.3 is 6.18 Å². The fourth-order valence-corrected chi connectivity index (χ4v) is 5.41. The third-order valence-electron chi connectivity index (χ3n) is 5.38. The lowest BCUT2D eigenvalue weighted by Crippen LogP contribution is -2.14. The van der Waals surface area contributed by atoms with E-state index >= 15 is 0 Å². The van der Waals surface area contributed by atoms with Gasteiger partial charge in [-0.15, -0.1) is 11.3 Å². The molecule has 0 radical (unpaired) electrons. The number of aromatic nitrogens is 1. The van der Waals surface area contributed by atoms with E-state index in [1.165, 1.54) is 35.6 Å². The number of amides is 1. The molecule has 0 aliphatic heterocycles. The fraction of sp³-hybridized carbons (Fsp3) is 0.200. The summed E-state index contributed by atoms with van der Waals surface area (Å²) >= 11 is 1.41. The first-order valence-electron chi connectivity index (χ1n) is 10.7. The molecule has 0 spiro atoms. The van der Waals surface area contributed by atoms with Crippen molar-refractivity contribution in [3.05, 3.63) is 88.4 Å². The molecule has 0 unspecified atom stereocenters. The number of benzene rings is 3. The highest BCUT2D eigenvalue weighted by atomic mass is 32.2. The van der Waals surface area contributed by atoms with E-state index < -0.39 is 21.6 Å². The third-order valence-corrected chi connectivity index (χ3v) is 8.15. The molecular weight excluding hydrogens is 497 g/mol. The Hall–Kier alpha value is -3.24. The van der Waals surface area contributed by atoms with Crippen LogP contribution in [0, 0.1) is 0 Å². The highest BCUT2D eigenvalue weighted by Crippen LogP contribution is 2.30. The van der Waals surface area contributed by atoms with Crippen molar-refractivity contribution in [1.29, 1.82) is 0 Å². The summed E-state index contributed by atoms with van der Waals surface area (Å²) in [6.07, 6.45) is -3.87. The summed E-state index contributed by atoms with van der Waals surface area (Å²) in [5.41, 5.74) is 2.06. The second-order valence-corrected chi connectivity index (χ2v) is 11.3. The maximum absolute atomic E-state index is 12.7. The van der Waals surface area contributed by atoms with Crippen LogP contribution < -0.4 is 5.32 Å². The molecule has 0 saturated carbocycles. The zero-order chi connectivity index (χ0) is 25.2. The molecule has 0 aliphatic rings. The Morgan fingerprint density at radius 2 is 1.63 bits per heavy atom. The summed E-state index contributed by atoms with van der Waals surface area (Å²) in [5, 5.41) is 3.59. The van der Waals surface area contributed by atoms with Gasteiger partial charge in [-0.1, -0.05) is 31.2 Å². The molecular formula is C25H21F3N2O3S2. The Kier molecular flexibility index (Phi) is 6.95. The van der Waals surface area contributed by atoms with E-state index in [-0.39, 0.29) is 23.0 Å². The molecule has 1 N–H and O–H groups in total. The molecule has 1 heterocycles. The van der Waals surface area contributed by atoms with Gasteiger partial charge in [0, 0.05) is 12.1 Å². The van der Waals surface area contributed by atoms with Crippen molar-refractivity contribution >= 4 is 43.0 Å². The van der Waals surface area contributed by atoms with Crippen LogP contribution in [-0.2, 0) is 33.6 Å². The van der Waals surface area contributed by atoms with Gasteiger partial charge in [0.05, 0.1) is 37.9 Å². The van der Waals surface area contributed by atoms with Crippen molar-refractivity contribution in [3.8, 4) is 0 Å². The van der Waals surface area contributed by atoms with Gasteiger partial charge in [-0.05, 0) is 53.6 Å². The lowest BCUT2D eigenvalue weighted by atomic mass is 10.1. The molecule has 10 heteroatoms. The van der Waals surface area contributed by atoms with Gasteiger partial charge < -0.3 is 5.32 Å². The van der Waals surface area contributed by atoms with E-state index in [0.717, 1.165) is 32.9 Å². The van der Waals surface area contributed by atoms with Crippen molar-refractivity contribution in [2.45, 2.75) is 30.8 Å². The molecule has 182 valence electrons. The van der Waals surface area contributed by atoms with Gasteiger partial charge in [0.15, 0.2) is 9.84 Å². The van der Waals surface area contributed by atoms with Crippen LogP contribution in [0.1, 0.15) is 28.6 Å². The zero-order valence-corrected chi connectivity index (χ0v) is 20.2. The number of thiazole rings is 1. The predicted molar refractivity (Wildman–Crippen MR) is 130 cm³/mol. The molecule has 0 saturated heterocycles. The Morgan fingerprint density at radius 3 is 2.26 bits per heavy atom. The summed E-state index contributed by atoms with van der Waals surface area (Å²) < 4.78 is 62.9. The molecule has 0 fully saturated rings. The van der Waals surface area contributed by atoms with Gasteiger partial charge in [0.1, 0.15) is 0 Å². The molecule has 35 heavy (non-hydrogen) atoms. The van der Waals surface area contributed by atoms with E-state index in [4.69, 9.17) is 0 Å². The van der Waals surface area contributed by atoms with Gasteiger partial charge in [0.2, 0.25) is 5.91 Å². The van der Waals surface area contributed by atoms with E-state index in [2.05, 4.69) is 10.3 Å². The average molecular weight is 519 g/mol. The van der Waals surface area contributed by atoms with E-state index in [0.29, 0.717) is 17.7 Å². The van der Waals surface area contributed by atoms with Crippen LogP contribution in [0.15, 0.2) is 71.6 Å². The summed E-state index contributed by atoms with van der Waals surface area (Å²) in [6, 6.07) is 16.6. The van der Waals surface area contributed by atoms with Crippen molar-refractivity contribution < 1.29 is 26.4 Å². The number of rotatable bonds is 7. The van der Waals surface area contributed by atoms with E-state index in [9.17, 15) is 26.4 Å². The topological polar surface area (TPSA) is 76.1 Å². The first-order chi connectivity index (χ1) is 16.5. The molecule has 1 amide bonds. The smallest absolute Gasteiger partial charge is 0.326 e. The number of nitrogens with one attached hydrogen (secondary N) is 1. The van der Waals surface area contributed by atoms with E-state index in [1.807, 2.05) is 0 Å². The second-order valence-electron chi connectivity index (χ2n) is 7.93. The number of hydrogen-bond donors (Lipinski definition) is 1. The third kappa shape index (κ3) is 6.07. The Labute approximate surface area is 204 Å². The molecule has 0 aliphatic carbocycles. The lowest BCUT2D eigenvalue weighted by molar-refractivity contribution is -0.137. The number of carbonyl (C=O) groups excluding carboxylic acids is 1. The number of carbonyl (C=O) groups is 1. The molecule has 0 bridgehead atoms. The lowest BCUT2D eigenvalue weighted by Gasteiger charge is -2.06. The van der Waals surface area contributed by atoms with Crippen LogP contribution in [0.3, 0.4) is 0 Å². The van der Waals surface area contributed by atoms with Crippen molar-refractivity contribution in [1.82, 2.24) is 4.98 Å². The molecule has 4 aromatic rings. The van der Waals surface area contributed by atoms with Gasteiger partial charge in [-0.25, -0.2) is 13.4 Å². The largest absolute Gasteiger partial charge is 0.416 e. The van der Waals surface area contributed by atoms with Gasteiger partial charge in [0.25, 0.3) is 0 Å². The van der Waals surface area contributed by atoms with Crippen LogP contribution in [0.5, 0.6) is 0 Å². The van der Waals surface area contributed by atoms with Crippen LogP contribution >= 0.6 is 11.3 Å². The average Bonchev–Trinajstić information content (AvgIpc) is 3.20. The fourth-order valence-electron chi connectivity index (χ4n) is 3.48. The minimum Gasteiger partial charge on any atom is -0.326 e. The molecule has 3 aromatic carbocycles. The Bertz CT molecular complexity index is 1460. The van der Waals surface area contributed by atoms with Gasteiger partial charge in [-0.3, -0.25) is 4.79 Å². The summed E-state index contributed by atoms with van der Waals surface area (Å²) in [7, 11) is -3.29. The van der Waals surface area contributed by atoms with Gasteiger partial charge in [-0.2, -0.15) is 13.2 Å². The number of fused-ring (bicyclic) bond motifs is 1. The maximum atomic E-state index is 12.7. The first kappa shape index (κ1) is 24.9. The molecule has 0 atom stereocenters. The number of sulfone groups is 1. The summed E-state index contributed by atoms with van der Waals surface area (Å²) in [5.74, 6) is -0.233. The quantitative estimate of drug-likeness (QED) is 0.332. The van der Waals surface area contributed by atoms with Crippen LogP contribution in [0.25, 0.3) is 10.2 Å². The molecule has 1 aromatic heterocycles. The van der Waals surface area contributed by atoms with Crippen molar-refractivity contribution in [2.24, 2.45) is 0 Å². The summed E-state index contributed by atoms with van der Waals surface area (Å²) in [6.45, 7) is 1.58. The number of hydrogen-bond acceptors (Lipinski definition) is 5. The van der Waals surface area contributed by atoms with Crippen LogP contribution in [0.2, 0.25) is 0 Å². The highest BCUT2D eigenvalue weighted by Gasteiger charge is 2.29. The van der Waals surface area contributed by atoms with Crippen LogP contribution in [-0.4, -0.2) is 25.1 Å². The number of anilines is 1. The minimum absolute atomic E-state index is 0.0128. The SMILES string of the molecule is CCS(=O)(=O)c1ccc(CC(=O)Nc2ccc3nc(Cc4ccc(C(F)(F)F)cc4)sc3c2)cc1. The first-order valence-corrected chi connectivity index (χ1v) is 13.2. The molecule has 4 rings (SSSR count). The van der Waals surface area contributed by atoms with E-state index in [1.54, 1.807) is 37.3 Å². The highest BCUT2D eigenvalue weighted by molar-refractivity contribution is 7.91. The second kappa shape index (κ2) is 9.79. The maximum Gasteiger partial charge on any atom is 0.416 e. The standard InChI is InChI=1S/C25H21F3N2O3S2/c1-2-35(32,33)20-10-5-16(6-11-20)13-23(31)29-19-9-12-21-22(15-19)34-24(30-21)14-17-3-7-18(8-4-17)25(26,27)28/h3-12,15H,2,13-14H2,1H3,(H,29,31). The number of halogens is 3. The zero-order valence-electron chi connectivity index (χ0n) is 18.6. The monoisotopic (exact) mass is 518 g/mol. The normalized spacial score (nSPS) is 12.1. The Morgan fingerprint density at radius 1 is 0.971 bits per heavy atom. The number of nitrogens with zero attached hydrogens (tertiary/aromatic N) is 1. The van der Waals surface area contributed by atoms with Crippen molar-refractivity contribution in [2.75, 3.05) is 11.1 Å². The Balaban J connectivity index is 1.41. The predicted octanol–water partition coefficient (Wildman–Crippen LogP) is 5.88. The molecule has 5 nitrogen and oxygen atoms in total. The summed E-state index contributed by atoms with van der Waals surface area (Å²) in [4.78, 5) is 17.2. The van der Waals surface area contributed by atoms with Crippen LogP contribution in [0.4, 0.5) is 18.9 Å².